The lowest BCUT2D eigenvalue weighted by Crippen LogP contribution is -2.26. The Bertz CT molecular complexity index is 263. The van der Waals surface area contributed by atoms with Crippen molar-refractivity contribution in [1.29, 1.82) is 0 Å². The topological polar surface area (TPSA) is 25.8 Å². The number of aromatic nitrogens is 2. The van der Waals surface area contributed by atoms with Crippen LogP contribution in [0.2, 0.25) is 0 Å². The van der Waals surface area contributed by atoms with Crippen LogP contribution in [0.25, 0.3) is 0 Å². The summed E-state index contributed by atoms with van der Waals surface area (Å²) in [6.07, 6.45) is 12.1. The lowest BCUT2D eigenvalue weighted by molar-refractivity contribution is 0.311. The van der Waals surface area contributed by atoms with Crippen LogP contribution < -0.4 is 0 Å². The SMILES string of the molecule is CC1(c2cnccn2)CCCCC1. The van der Waals surface area contributed by atoms with Gasteiger partial charge in [0.1, 0.15) is 0 Å². The number of nitrogens with zero attached hydrogens (tertiary/aromatic N) is 2. The fourth-order valence-electron chi connectivity index (χ4n) is 2.20. The molecule has 1 fully saturated rings. The second-order valence-electron chi connectivity index (χ2n) is 4.21. The van der Waals surface area contributed by atoms with Gasteiger partial charge in [0.25, 0.3) is 0 Å². The van der Waals surface area contributed by atoms with Gasteiger partial charge in [0.05, 0.1) is 5.69 Å². The first kappa shape index (κ1) is 8.67. The molecular formula is C11H16N2. The Balaban J connectivity index is 2.23. The first-order valence-corrected chi connectivity index (χ1v) is 5.08. The van der Waals surface area contributed by atoms with Crippen molar-refractivity contribution in [3.63, 3.8) is 0 Å². The largest absolute Gasteiger partial charge is 0.261 e. The average Bonchev–Trinajstić information content (AvgIpc) is 2.20. The van der Waals surface area contributed by atoms with Crippen LogP contribution in [0.3, 0.4) is 0 Å². The maximum absolute atomic E-state index is 4.41. The van der Waals surface area contributed by atoms with Crippen molar-refractivity contribution < 1.29 is 0 Å². The van der Waals surface area contributed by atoms with Crippen molar-refractivity contribution in [1.82, 2.24) is 9.97 Å². The van der Waals surface area contributed by atoms with Crippen LogP contribution in [-0.2, 0) is 5.41 Å². The standard InChI is InChI=1S/C11H16N2/c1-11(5-3-2-4-6-11)10-9-12-7-8-13-10/h7-9H,2-6H2,1H3. The van der Waals surface area contributed by atoms with Crippen LogP contribution in [0.1, 0.15) is 44.7 Å². The third-order valence-electron chi connectivity index (χ3n) is 3.14. The summed E-state index contributed by atoms with van der Waals surface area (Å²) in [6.45, 7) is 2.32. The summed E-state index contributed by atoms with van der Waals surface area (Å²) in [4.78, 5) is 8.55. The van der Waals surface area contributed by atoms with Gasteiger partial charge in [-0.3, -0.25) is 9.97 Å². The quantitative estimate of drug-likeness (QED) is 0.657. The van der Waals surface area contributed by atoms with Crippen LogP contribution in [0.5, 0.6) is 0 Å². The fourth-order valence-corrected chi connectivity index (χ4v) is 2.20. The Morgan fingerprint density at radius 3 is 2.54 bits per heavy atom. The molecule has 1 aromatic heterocycles. The summed E-state index contributed by atoms with van der Waals surface area (Å²) in [5, 5.41) is 0. The van der Waals surface area contributed by atoms with Gasteiger partial charge < -0.3 is 0 Å². The van der Waals surface area contributed by atoms with E-state index < -0.39 is 0 Å². The highest BCUT2D eigenvalue weighted by Gasteiger charge is 2.29. The van der Waals surface area contributed by atoms with Crippen molar-refractivity contribution in [2.75, 3.05) is 0 Å². The Hall–Kier alpha value is -0.920. The molecule has 1 saturated carbocycles. The minimum atomic E-state index is 0.298. The lowest BCUT2D eigenvalue weighted by atomic mass is 9.73. The van der Waals surface area contributed by atoms with E-state index in [1.54, 1.807) is 12.4 Å². The second-order valence-corrected chi connectivity index (χ2v) is 4.21. The van der Waals surface area contributed by atoms with Gasteiger partial charge in [0.2, 0.25) is 0 Å². The maximum atomic E-state index is 4.41. The van der Waals surface area contributed by atoms with Crippen LogP contribution in [0.15, 0.2) is 18.6 Å². The summed E-state index contributed by atoms with van der Waals surface area (Å²) in [6, 6.07) is 0. The molecule has 0 aromatic carbocycles. The molecular weight excluding hydrogens is 160 g/mol. The zero-order valence-corrected chi connectivity index (χ0v) is 8.16. The monoisotopic (exact) mass is 176 g/mol. The number of rotatable bonds is 1. The Kier molecular flexibility index (Phi) is 2.30. The van der Waals surface area contributed by atoms with Crippen molar-refractivity contribution in [3.8, 4) is 0 Å². The predicted molar refractivity (Wildman–Crippen MR) is 52.5 cm³/mol. The molecule has 1 heterocycles. The fraction of sp³-hybridized carbons (Fsp3) is 0.636. The van der Waals surface area contributed by atoms with Gasteiger partial charge in [-0.25, -0.2) is 0 Å². The highest BCUT2D eigenvalue weighted by Crippen LogP contribution is 2.37. The third-order valence-corrected chi connectivity index (χ3v) is 3.14. The van der Waals surface area contributed by atoms with Crippen molar-refractivity contribution in [2.24, 2.45) is 0 Å². The summed E-state index contributed by atoms with van der Waals surface area (Å²) in [5.41, 5.74) is 1.47. The van der Waals surface area contributed by atoms with Crippen molar-refractivity contribution in [2.45, 2.75) is 44.4 Å². The Labute approximate surface area is 79.4 Å². The van der Waals surface area contributed by atoms with E-state index in [-0.39, 0.29) is 0 Å². The molecule has 0 bridgehead atoms. The molecule has 2 rings (SSSR count). The first-order valence-electron chi connectivity index (χ1n) is 5.08. The van der Waals surface area contributed by atoms with Crippen LogP contribution in [0, 0.1) is 0 Å². The highest BCUT2D eigenvalue weighted by atomic mass is 14.8. The molecule has 0 N–H and O–H groups in total. The summed E-state index contributed by atoms with van der Waals surface area (Å²) < 4.78 is 0. The molecule has 0 atom stereocenters. The normalized spacial score (nSPS) is 21.3. The Morgan fingerprint density at radius 2 is 1.92 bits per heavy atom. The summed E-state index contributed by atoms with van der Waals surface area (Å²) >= 11 is 0. The average molecular weight is 176 g/mol. The first-order chi connectivity index (χ1) is 6.31. The minimum absolute atomic E-state index is 0.298. The zero-order chi connectivity index (χ0) is 9.15. The summed E-state index contributed by atoms with van der Waals surface area (Å²) in [5.74, 6) is 0. The van der Waals surface area contributed by atoms with Gasteiger partial charge in [-0.05, 0) is 12.8 Å². The predicted octanol–water partition coefficient (Wildman–Crippen LogP) is 2.70. The van der Waals surface area contributed by atoms with Crippen LogP contribution >= 0.6 is 0 Å². The van der Waals surface area contributed by atoms with E-state index >= 15 is 0 Å². The van der Waals surface area contributed by atoms with E-state index in [9.17, 15) is 0 Å². The number of hydrogen-bond acceptors (Lipinski definition) is 2. The molecule has 70 valence electrons. The molecule has 2 heteroatoms. The lowest BCUT2D eigenvalue weighted by Gasteiger charge is -2.32. The van der Waals surface area contributed by atoms with Gasteiger partial charge in [0.15, 0.2) is 0 Å². The van der Waals surface area contributed by atoms with Gasteiger partial charge in [-0.2, -0.15) is 0 Å². The molecule has 1 aliphatic rings. The molecule has 1 aliphatic carbocycles. The van der Waals surface area contributed by atoms with Crippen molar-refractivity contribution >= 4 is 0 Å². The van der Waals surface area contributed by atoms with Gasteiger partial charge in [0, 0.05) is 24.0 Å². The van der Waals surface area contributed by atoms with Gasteiger partial charge in [-0.15, -0.1) is 0 Å². The minimum Gasteiger partial charge on any atom is -0.261 e. The summed E-state index contributed by atoms with van der Waals surface area (Å²) in [7, 11) is 0. The highest BCUT2D eigenvalue weighted by molar-refractivity contribution is 5.12. The molecule has 13 heavy (non-hydrogen) atoms. The van der Waals surface area contributed by atoms with E-state index in [1.807, 2.05) is 6.20 Å². The van der Waals surface area contributed by atoms with E-state index in [0.29, 0.717) is 5.41 Å². The molecule has 0 unspecified atom stereocenters. The smallest absolute Gasteiger partial charge is 0.0645 e. The van der Waals surface area contributed by atoms with Gasteiger partial charge in [-0.1, -0.05) is 26.2 Å². The van der Waals surface area contributed by atoms with Crippen molar-refractivity contribution in [3.05, 3.63) is 24.3 Å². The third kappa shape index (κ3) is 1.71. The van der Waals surface area contributed by atoms with E-state index in [1.165, 1.54) is 37.8 Å². The van der Waals surface area contributed by atoms with Crippen LogP contribution in [0.4, 0.5) is 0 Å². The van der Waals surface area contributed by atoms with E-state index in [2.05, 4.69) is 16.9 Å². The Morgan fingerprint density at radius 1 is 1.15 bits per heavy atom. The molecule has 0 radical (unpaired) electrons. The van der Waals surface area contributed by atoms with E-state index in [4.69, 9.17) is 0 Å². The molecule has 0 saturated heterocycles. The molecule has 1 aromatic rings. The van der Waals surface area contributed by atoms with Gasteiger partial charge >= 0.3 is 0 Å². The number of hydrogen-bond donors (Lipinski definition) is 0. The van der Waals surface area contributed by atoms with E-state index in [0.717, 1.165) is 0 Å². The van der Waals surface area contributed by atoms with Crippen LogP contribution in [-0.4, -0.2) is 9.97 Å². The molecule has 0 amide bonds. The molecule has 0 aliphatic heterocycles. The second kappa shape index (κ2) is 3.44. The zero-order valence-electron chi connectivity index (χ0n) is 8.16. The maximum Gasteiger partial charge on any atom is 0.0645 e. The molecule has 2 nitrogen and oxygen atoms in total. The molecule has 0 spiro atoms.